The van der Waals surface area contributed by atoms with Gasteiger partial charge in [0.25, 0.3) is 5.69 Å². The first kappa shape index (κ1) is 17.9. The Hall–Kier alpha value is -1.15. The van der Waals surface area contributed by atoms with Gasteiger partial charge in [-0.2, -0.15) is 0 Å². The van der Waals surface area contributed by atoms with Gasteiger partial charge in [-0.1, -0.05) is 0 Å². The van der Waals surface area contributed by atoms with Crippen molar-refractivity contribution in [1.29, 1.82) is 0 Å². The lowest BCUT2D eigenvalue weighted by Gasteiger charge is -2.23. The van der Waals surface area contributed by atoms with Crippen LogP contribution in [0.15, 0.2) is 21.1 Å². The smallest absolute Gasteiger partial charge is 0.347 e. The molecule has 0 saturated heterocycles. The normalized spacial score (nSPS) is 12.7. The van der Waals surface area contributed by atoms with E-state index in [1.807, 2.05) is 0 Å². The van der Waals surface area contributed by atoms with Crippen molar-refractivity contribution in [2.45, 2.75) is 39.4 Å². The molecule has 0 bridgehead atoms. The van der Waals surface area contributed by atoms with E-state index in [9.17, 15) is 14.9 Å². The lowest BCUT2D eigenvalue weighted by atomic mass is 10.2. The summed E-state index contributed by atoms with van der Waals surface area (Å²) < 4.78 is 11.5. The van der Waals surface area contributed by atoms with Crippen LogP contribution < -0.4 is 4.74 Å². The Kier molecular flexibility index (Phi) is 5.75. The molecule has 8 heteroatoms. The lowest BCUT2D eigenvalue weighted by Crippen LogP contribution is -2.33. The first-order valence-corrected chi connectivity index (χ1v) is 7.63. The SMILES string of the molecule is CC(Oc1c(Br)cc([N+](=O)[O-])cc1Br)C(=O)OC(C)(C)C. The van der Waals surface area contributed by atoms with Crippen molar-refractivity contribution in [2.75, 3.05) is 0 Å². The fraction of sp³-hybridized carbons (Fsp3) is 0.462. The third-order valence-electron chi connectivity index (χ3n) is 2.23. The van der Waals surface area contributed by atoms with Gasteiger partial charge in [0.15, 0.2) is 6.10 Å². The number of carbonyl (C=O) groups is 1. The zero-order chi connectivity index (χ0) is 16.4. The number of esters is 1. The average molecular weight is 425 g/mol. The van der Waals surface area contributed by atoms with Crippen molar-refractivity contribution < 1.29 is 19.2 Å². The van der Waals surface area contributed by atoms with Crippen molar-refractivity contribution in [3.05, 3.63) is 31.2 Å². The molecule has 0 saturated carbocycles. The summed E-state index contributed by atoms with van der Waals surface area (Å²) in [7, 11) is 0. The molecule has 0 aliphatic rings. The summed E-state index contributed by atoms with van der Waals surface area (Å²) in [6.45, 7) is 6.83. The lowest BCUT2D eigenvalue weighted by molar-refractivity contribution is -0.385. The van der Waals surface area contributed by atoms with E-state index in [1.54, 1.807) is 27.7 Å². The molecule has 1 unspecified atom stereocenters. The molecule has 1 aromatic rings. The van der Waals surface area contributed by atoms with Gasteiger partial charge in [-0.15, -0.1) is 0 Å². The maximum atomic E-state index is 11.9. The Morgan fingerprint density at radius 3 is 2.14 bits per heavy atom. The summed E-state index contributed by atoms with van der Waals surface area (Å²) in [5.41, 5.74) is -0.704. The minimum atomic E-state index is -0.849. The van der Waals surface area contributed by atoms with Crippen LogP contribution in [0.1, 0.15) is 27.7 Å². The van der Waals surface area contributed by atoms with Gasteiger partial charge in [0, 0.05) is 12.1 Å². The maximum absolute atomic E-state index is 11.9. The summed E-state index contributed by atoms with van der Waals surface area (Å²) in [6.07, 6.45) is -0.849. The van der Waals surface area contributed by atoms with Crippen molar-refractivity contribution in [1.82, 2.24) is 0 Å². The molecule has 0 heterocycles. The zero-order valence-electron chi connectivity index (χ0n) is 12.0. The quantitative estimate of drug-likeness (QED) is 0.410. The van der Waals surface area contributed by atoms with Gasteiger partial charge in [0.1, 0.15) is 11.4 Å². The van der Waals surface area contributed by atoms with Crippen molar-refractivity contribution >= 4 is 43.5 Å². The van der Waals surface area contributed by atoms with Crippen LogP contribution in [0, 0.1) is 10.1 Å². The van der Waals surface area contributed by atoms with E-state index in [2.05, 4.69) is 31.9 Å². The number of carbonyl (C=O) groups excluding carboxylic acids is 1. The van der Waals surface area contributed by atoms with E-state index in [1.165, 1.54) is 12.1 Å². The third-order valence-corrected chi connectivity index (χ3v) is 3.41. The number of hydrogen-bond donors (Lipinski definition) is 0. The summed E-state index contributed by atoms with van der Waals surface area (Å²) in [4.78, 5) is 22.1. The molecule has 0 spiro atoms. The van der Waals surface area contributed by atoms with Gasteiger partial charge in [0.05, 0.1) is 13.9 Å². The predicted octanol–water partition coefficient (Wildman–Crippen LogP) is 4.23. The van der Waals surface area contributed by atoms with Crippen molar-refractivity contribution in [3.8, 4) is 5.75 Å². The van der Waals surface area contributed by atoms with Crippen LogP contribution in [0.5, 0.6) is 5.75 Å². The number of non-ortho nitro benzene ring substituents is 1. The molecule has 0 N–H and O–H groups in total. The topological polar surface area (TPSA) is 78.7 Å². The number of ether oxygens (including phenoxy) is 2. The van der Waals surface area contributed by atoms with Crippen molar-refractivity contribution in [3.63, 3.8) is 0 Å². The van der Waals surface area contributed by atoms with Crippen LogP contribution in [0.25, 0.3) is 0 Å². The second kappa shape index (κ2) is 6.74. The molecule has 0 radical (unpaired) electrons. The van der Waals surface area contributed by atoms with Crippen LogP contribution in [0.4, 0.5) is 5.69 Å². The van der Waals surface area contributed by atoms with E-state index in [0.29, 0.717) is 14.7 Å². The van der Waals surface area contributed by atoms with E-state index >= 15 is 0 Å². The number of nitro groups is 1. The number of nitro benzene ring substituents is 1. The minimum Gasteiger partial charge on any atom is -0.477 e. The number of nitrogens with zero attached hydrogens (tertiary/aromatic N) is 1. The Balaban J connectivity index is 2.93. The molecule has 0 aliphatic heterocycles. The van der Waals surface area contributed by atoms with E-state index < -0.39 is 22.6 Å². The maximum Gasteiger partial charge on any atom is 0.347 e. The summed E-state index contributed by atoms with van der Waals surface area (Å²) >= 11 is 6.39. The Morgan fingerprint density at radius 2 is 1.76 bits per heavy atom. The van der Waals surface area contributed by atoms with Gasteiger partial charge in [-0.3, -0.25) is 10.1 Å². The predicted molar refractivity (Wildman–Crippen MR) is 84.4 cm³/mol. The molecule has 1 aromatic carbocycles. The molecular weight excluding hydrogens is 410 g/mol. The number of rotatable bonds is 4. The highest BCUT2D eigenvalue weighted by molar-refractivity contribution is 9.11. The molecule has 116 valence electrons. The van der Waals surface area contributed by atoms with Gasteiger partial charge >= 0.3 is 5.97 Å². The second-order valence-corrected chi connectivity index (χ2v) is 7.00. The Labute approximate surface area is 139 Å². The van der Waals surface area contributed by atoms with E-state index in [0.717, 1.165) is 0 Å². The second-order valence-electron chi connectivity index (χ2n) is 5.29. The fourth-order valence-electron chi connectivity index (χ4n) is 1.37. The molecule has 1 rings (SSSR count). The molecule has 6 nitrogen and oxygen atoms in total. The molecule has 0 aromatic heterocycles. The highest BCUT2D eigenvalue weighted by Gasteiger charge is 2.25. The first-order chi connectivity index (χ1) is 9.51. The van der Waals surface area contributed by atoms with Crippen LogP contribution in [0.2, 0.25) is 0 Å². The molecular formula is C13H15Br2NO5. The van der Waals surface area contributed by atoms with Gasteiger partial charge in [-0.25, -0.2) is 4.79 Å². The molecule has 1 atom stereocenters. The highest BCUT2D eigenvalue weighted by atomic mass is 79.9. The summed E-state index contributed by atoms with van der Waals surface area (Å²) in [5.74, 6) is -0.210. The van der Waals surface area contributed by atoms with Crippen LogP contribution in [0.3, 0.4) is 0 Å². The summed E-state index contributed by atoms with van der Waals surface area (Å²) in [6, 6.07) is 2.61. The highest BCUT2D eigenvalue weighted by Crippen LogP contribution is 2.37. The monoisotopic (exact) mass is 423 g/mol. The van der Waals surface area contributed by atoms with E-state index in [4.69, 9.17) is 9.47 Å². The Morgan fingerprint density at radius 1 is 1.29 bits per heavy atom. The van der Waals surface area contributed by atoms with Crippen LogP contribution in [-0.2, 0) is 9.53 Å². The van der Waals surface area contributed by atoms with Crippen molar-refractivity contribution in [2.24, 2.45) is 0 Å². The zero-order valence-corrected chi connectivity index (χ0v) is 15.1. The fourth-order valence-corrected chi connectivity index (χ4v) is 2.72. The molecule has 0 aliphatic carbocycles. The number of benzene rings is 1. The van der Waals surface area contributed by atoms with Gasteiger partial charge in [0.2, 0.25) is 0 Å². The molecule has 0 fully saturated rings. The molecule has 21 heavy (non-hydrogen) atoms. The van der Waals surface area contributed by atoms with Gasteiger partial charge < -0.3 is 9.47 Å². The first-order valence-electron chi connectivity index (χ1n) is 6.04. The molecule has 0 amide bonds. The van der Waals surface area contributed by atoms with E-state index in [-0.39, 0.29) is 5.69 Å². The van der Waals surface area contributed by atoms with Gasteiger partial charge in [-0.05, 0) is 59.6 Å². The standard InChI is InChI=1S/C13H15Br2NO5/c1-7(12(17)21-13(2,3)4)20-11-9(14)5-8(16(18)19)6-10(11)15/h5-7H,1-4H3. The van der Waals surface area contributed by atoms with Crippen LogP contribution in [-0.4, -0.2) is 22.6 Å². The third kappa shape index (κ3) is 5.28. The number of hydrogen-bond acceptors (Lipinski definition) is 5. The number of halogens is 2. The Bertz CT molecular complexity index is 545. The van der Waals surface area contributed by atoms with Crippen LogP contribution >= 0.6 is 31.9 Å². The minimum absolute atomic E-state index is 0.0916. The summed E-state index contributed by atoms with van der Waals surface area (Å²) in [5, 5.41) is 10.8. The average Bonchev–Trinajstić information content (AvgIpc) is 2.30. The largest absolute Gasteiger partial charge is 0.477 e.